The highest BCUT2D eigenvalue weighted by Crippen LogP contribution is 2.26. The molecule has 0 spiro atoms. The standard InChI is InChI=1S/C23H31N3O5S/c1-14-12-15(2)17(4)22(16(14)3)32(29,30)25-18(5)23(28)26(6)13-21(27)24-19-8-10-20(31-7)11-9-19/h8-12,18,25H,13H2,1-7H3,(H,24,27)/t18-/m0/s1. The van der Waals surface area contributed by atoms with Gasteiger partial charge in [-0.2, -0.15) is 4.72 Å². The summed E-state index contributed by atoms with van der Waals surface area (Å²) in [5.74, 6) is -0.258. The summed E-state index contributed by atoms with van der Waals surface area (Å²) < 4.78 is 33.7. The van der Waals surface area contributed by atoms with Crippen molar-refractivity contribution in [1.29, 1.82) is 0 Å². The zero-order valence-corrected chi connectivity index (χ0v) is 20.4. The predicted octanol–water partition coefficient (Wildman–Crippen LogP) is 2.69. The fourth-order valence-electron chi connectivity index (χ4n) is 3.42. The van der Waals surface area contributed by atoms with Gasteiger partial charge in [0.25, 0.3) is 0 Å². The molecule has 2 aromatic carbocycles. The van der Waals surface area contributed by atoms with Crippen molar-refractivity contribution in [3.8, 4) is 5.75 Å². The van der Waals surface area contributed by atoms with Crippen molar-refractivity contribution < 1.29 is 22.7 Å². The molecule has 0 saturated carbocycles. The number of hydrogen-bond donors (Lipinski definition) is 2. The number of hydrogen-bond acceptors (Lipinski definition) is 5. The van der Waals surface area contributed by atoms with Crippen LogP contribution in [0.15, 0.2) is 35.2 Å². The number of methoxy groups -OCH3 is 1. The molecule has 0 aliphatic carbocycles. The molecule has 174 valence electrons. The molecule has 2 aromatic rings. The number of carbonyl (C=O) groups is 2. The molecule has 0 bridgehead atoms. The molecule has 9 heteroatoms. The molecular weight excluding hydrogens is 430 g/mol. The number of amides is 2. The van der Waals surface area contributed by atoms with Crippen LogP contribution in [0.4, 0.5) is 5.69 Å². The van der Waals surface area contributed by atoms with Crippen molar-refractivity contribution in [3.05, 3.63) is 52.6 Å². The smallest absolute Gasteiger partial charge is 0.243 e. The van der Waals surface area contributed by atoms with E-state index < -0.39 is 27.9 Å². The zero-order chi connectivity index (χ0) is 24.2. The summed E-state index contributed by atoms with van der Waals surface area (Å²) in [5, 5.41) is 2.69. The molecule has 1 atom stereocenters. The van der Waals surface area contributed by atoms with E-state index in [2.05, 4.69) is 10.0 Å². The molecule has 2 amide bonds. The Balaban J connectivity index is 2.07. The predicted molar refractivity (Wildman–Crippen MR) is 124 cm³/mol. The van der Waals surface area contributed by atoms with E-state index in [0.717, 1.165) is 11.1 Å². The lowest BCUT2D eigenvalue weighted by Crippen LogP contribution is -2.47. The van der Waals surface area contributed by atoms with E-state index in [4.69, 9.17) is 4.74 Å². The van der Waals surface area contributed by atoms with Crippen LogP contribution in [0.5, 0.6) is 5.75 Å². The van der Waals surface area contributed by atoms with Gasteiger partial charge in [0.1, 0.15) is 5.75 Å². The van der Waals surface area contributed by atoms with E-state index >= 15 is 0 Å². The molecule has 32 heavy (non-hydrogen) atoms. The van der Waals surface area contributed by atoms with Crippen molar-refractivity contribution in [3.63, 3.8) is 0 Å². The van der Waals surface area contributed by atoms with Crippen LogP contribution in [-0.4, -0.2) is 51.9 Å². The number of aryl methyl sites for hydroxylation is 2. The van der Waals surface area contributed by atoms with Gasteiger partial charge in [0.2, 0.25) is 21.8 Å². The summed E-state index contributed by atoms with van der Waals surface area (Å²) >= 11 is 0. The number of nitrogens with one attached hydrogen (secondary N) is 2. The topological polar surface area (TPSA) is 105 Å². The zero-order valence-electron chi connectivity index (χ0n) is 19.6. The van der Waals surface area contributed by atoms with Gasteiger partial charge in [-0.1, -0.05) is 6.07 Å². The number of rotatable bonds is 8. The lowest BCUT2D eigenvalue weighted by Gasteiger charge is -2.23. The number of carbonyl (C=O) groups excluding carboxylic acids is 2. The number of likely N-dealkylation sites (N-methyl/N-ethyl adjacent to an activating group) is 1. The Hall–Kier alpha value is -2.91. The van der Waals surface area contributed by atoms with Gasteiger partial charge in [0.05, 0.1) is 24.6 Å². The molecule has 0 aliphatic heterocycles. The van der Waals surface area contributed by atoms with Gasteiger partial charge in [0, 0.05) is 12.7 Å². The Morgan fingerprint density at radius 3 is 2.06 bits per heavy atom. The van der Waals surface area contributed by atoms with Crippen LogP contribution in [0.3, 0.4) is 0 Å². The van der Waals surface area contributed by atoms with Gasteiger partial charge >= 0.3 is 0 Å². The van der Waals surface area contributed by atoms with Crippen molar-refractivity contribution >= 4 is 27.5 Å². The number of ether oxygens (including phenoxy) is 1. The van der Waals surface area contributed by atoms with Gasteiger partial charge in [-0.15, -0.1) is 0 Å². The van der Waals surface area contributed by atoms with Crippen LogP contribution in [0.25, 0.3) is 0 Å². The summed E-state index contributed by atoms with van der Waals surface area (Å²) in [6.45, 7) is 8.44. The fraction of sp³-hybridized carbons (Fsp3) is 0.391. The van der Waals surface area contributed by atoms with Gasteiger partial charge in [-0.3, -0.25) is 9.59 Å². The van der Waals surface area contributed by atoms with Crippen LogP contribution >= 0.6 is 0 Å². The Morgan fingerprint density at radius 1 is 1.03 bits per heavy atom. The van der Waals surface area contributed by atoms with Crippen molar-refractivity contribution in [2.75, 3.05) is 26.0 Å². The highest BCUT2D eigenvalue weighted by atomic mass is 32.2. The average Bonchev–Trinajstić information content (AvgIpc) is 2.71. The van der Waals surface area contributed by atoms with Gasteiger partial charge < -0.3 is 15.0 Å². The van der Waals surface area contributed by atoms with Crippen molar-refractivity contribution in [2.45, 2.75) is 45.6 Å². The first-order valence-electron chi connectivity index (χ1n) is 10.2. The summed E-state index contributed by atoms with van der Waals surface area (Å²) in [6, 6.07) is 7.68. The highest BCUT2D eigenvalue weighted by Gasteiger charge is 2.28. The van der Waals surface area contributed by atoms with E-state index in [1.54, 1.807) is 45.2 Å². The lowest BCUT2D eigenvalue weighted by atomic mass is 10.0. The maximum atomic E-state index is 13.1. The quantitative estimate of drug-likeness (QED) is 0.629. The lowest BCUT2D eigenvalue weighted by molar-refractivity contribution is -0.134. The molecule has 0 fully saturated rings. The number of anilines is 1. The molecule has 2 rings (SSSR count). The molecular formula is C23H31N3O5S. The van der Waals surface area contributed by atoms with Crippen LogP contribution in [0, 0.1) is 27.7 Å². The van der Waals surface area contributed by atoms with E-state index in [9.17, 15) is 18.0 Å². The molecule has 0 saturated heterocycles. The van der Waals surface area contributed by atoms with E-state index in [1.807, 2.05) is 19.9 Å². The molecule has 0 heterocycles. The summed E-state index contributed by atoms with van der Waals surface area (Å²) in [5.41, 5.74) is 3.57. The Labute approximate surface area is 190 Å². The van der Waals surface area contributed by atoms with Gasteiger partial charge in [-0.25, -0.2) is 8.42 Å². The van der Waals surface area contributed by atoms with Crippen LogP contribution in [-0.2, 0) is 19.6 Å². The Morgan fingerprint density at radius 2 is 1.56 bits per heavy atom. The summed E-state index contributed by atoms with van der Waals surface area (Å²) in [6.07, 6.45) is 0. The molecule has 0 aromatic heterocycles. The largest absolute Gasteiger partial charge is 0.497 e. The minimum absolute atomic E-state index is 0.189. The first kappa shape index (κ1) is 25.4. The average molecular weight is 462 g/mol. The molecule has 2 N–H and O–H groups in total. The third-order valence-electron chi connectivity index (χ3n) is 5.40. The first-order chi connectivity index (χ1) is 14.9. The molecule has 0 unspecified atom stereocenters. The SMILES string of the molecule is COc1ccc(NC(=O)CN(C)C(=O)[C@H](C)NS(=O)(=O)c2c(C)c(C)cc(C)c2C)cc1. The second kappa shape index (κ2) is 10.1. The van der Waals surface area contributed by atoms with E-state index in [1.165, 1.54) is 18.9 Å². The maximum Gasteiger partial charge on any atom is 0.243 e. The van der Waals surface area contributed by atoms with Crippen LogP contribution < -0.4 is 14.8 Å². The first-order valence-corrected chi connectivity index (χ1v) is 11.6. The second-order valence-corrected chi connectivity index (χ2v) is 9.55. The van der Waals surface area contributed by atoms with Gasteiger partial charge in [0.15, 0.2) is 0 Å². The second-order valence-electron chi connectivity index (χ2n) is 7.90. The highest BCUT2D eigenvalue weighted by molar-refractivity contribution is 7.89. The van der Waals surface area contributed by atoms with Crippen molar-refractivity contribution in [2.24, 2.45) is 0 Å². The minimum Gasteiger partial charge on any atom is -0.497 e. The Bertz CT molecular complexity index is 1090. The minimum atomic E-state index is -3.94. The number of nitrogens with zero attached hydrogens (tertiary/aromatic N) is 1. The van der Waals surface area contributed by atoms with Crippen molar-refractivity contribution in [1.82, 2.24) is 9.62 Å². The normalized spacial score (nSPS) is 12.2. The Kier molecular flexibility index (Phi) is 8.03. The molecule has 8 nitrogen and oxygen atoms in total. The maximum absolute atomic E-state index is 13.1. The summed E-state index contributed by atoms with van der Waals surface area (Å²) in [4.78, 5) is 26.4. The van der Waals surface area contributed by atoms with Gasteiger partial charge in [-0.05, 0) is 81.1 Å². The molecule has 0 aliphatic rings. The molecule has 0 radical (unpaired) electrons. The summed E-state index contributed by atoms with van der Waals surface area (Å²) in [7, 11) is -0.938. The van der Waals surface area contributed by atoms with Crippen LogP contribution in [0.1, 0.15) is 29.2 Å². The number of benzene rings is 2. The van der Waals surface area contributed by atoms with E-state index in [-0.39, 0.29) is 11.4 Å². The third kappa shape index (κ3) is 5.86. The third-order valence-corrected chi connectivity index (χ3v) is 7.21. The van der Waals surface area contributed by atoms with E-state index in [0.29, 0.717) is 22.6 Å². The van der Waals surface area contributed by atoms with Crippen LogP contribution in [0.2, 0.25) is 0 Å². The number of sulfonamides is 1. The fourth-order valence-corrected chi connectivity index (χ4v) is 5.24. The monoisotopic (exact) mass is 461 g/mol.